The summed E-state index contributed by atoms with van der Waals surface area (Å²) in [7, 11) is 0. The fourth-order valence-corrected chi connectivity index (χ4v) is 1.84. The standard InChI is InChI=1S/C16H30O4/c1-6-9-15(19)20-13(7-2)10-12(17)11-14(18)16(4,5)8-3/h8,12-14,17-18H,3,6-7,9-11H2,1-2,4-5H3/t12-,13+,14+/m1/s1. The zero-order valence-corrected chi connectivity index (χ0v) is 13.3. The van der Waals surface area contributed by atoms with Gasteiger partial charge in [0.2, 0.25) is 0 Å². The van der Waals surface area contributed by atoms with Crippen molar-refractivity contribution in [3.05, 3.63) is 12.7 Å². The van der Waals surface area contributed by atoms with Crippen LogP contribution in [0.4, 0.5) is 0 Å². The Hall–Kier alpha value is -0.870. The lowest BCUT2D eigenvalue weighted by Crippen LogP contribution is -2.33. The van der Waals surface area contributed by atoms with E-state index in [9.17, 15) is 15.0 Å². The molecule has 20 heavy (non-hydrogen) atoms. The highest BCUT2D eigenvalue weighted by atomic mass is 16.5. The number of rotatable bonds is 10. The Balaban J connectivity index is 4.31. The Morgan fingerprint density at radius 3 is 2.35 bits per heavy atom. The fraction of sp³-hybridized carbons (Fsp3) is 0.812. The van der Waals surface area contributed by atoms with E-state index in [-0.39, 0.29) is 18.5 Å². The summed E-state index contributed by atoms with van der Waals surface area (Å²) in [4.78, 5) is 11.5. The molecule has 3 atom stereocenters. The molecule has 0 aromatic carbocycles. The van der Waals surface area contributed by atoms with Crippen molar-refractivity contribution in [3.8, 4) is 0 Å². The topological polar surface area (TPSA) is 66.8 Å². The van der Waals surface area contributed by atoms with Gasteiger partial charge in [0.25, 0.3) is 0 Å². The van der Waals surface area contributed by atoms with Gasteiger partial charge in [-0.25, -0.2) is 0 Å². The molecule has 0 aliphatic heterocycles. The van der Waals surface area contributed by atoms with Gasteiger partial charge in [0.05, 0.1) is 12.2 Å². The van der Waals surface area contributed by atoms with Crippen LogP contribution in [0.3, 0.4) is 0 Å². The van der Waals surface area contributed by atoms with Gasteiger partial charge < -0.3 is 14.9 Å². The summed E-state index contributed by atoms with van der Waals surface area (Å²) in [6.45, 7) is 11.3. The molecule has 0 aliphatic carbocycles. The average Bonchev–Trinajstić information content (AvgIpc) is 2.37. The molecular formula is C16H30O4. The lowest BCUT2D eigenvalue weighted by molar-refractivity contribution is -0.150. The highest BCUT2D eigenvalue weighted by molar-refractivity contribution is 5.69. The molecule has 0 heterocycles. The van der Waals surface area contributed by atoms with Crippen LogP contribution < -0.4 is 0 Å². The predicted molar refractivity (Wildman–Crippen MR) is 80.3 cm³/mol. The highest BCUT2D eigenvalue weighted by Crippen LogP contribution is 2.26. The lowest BCUT2D eigenvalue weighted by atomic mass is 9.83. The van der Waals surface area contributed by atoms with E-state index in [0.717, 1.165) is 6.42 Å². The Labute approximate surface area is 122 Å². The number of hydrogen-bond acceptors (Lipinski definition) is 4. The van der Waals surface area contributed by atoms with Gasteiger partial charge in [-0.3, -0.25) is 4.79 Å². The zero-order chi connectivity index (χ0) is 15.8. The Morgan fingerprint density at radius 1 is 1.30 bits per heavy atom. The van der Waals surface area contributed by atoms with E-state index in [1.54, 1.807) is 6.08 Å². The van der Waals surface area contributed by atoms with E-state index in [4.69, 9.17) is 4.74 Å². The maximum absolute atomic E-state index is 11.5. The van der Waals surface area contributed by atoms with Crippen molar-refractivity contribution in [1.82, 2.24) is 0 Å². The second kappa shape index (κ2) is 9.14. The molecule has 0 unspecified atom stereocenters. The van der Waals surface area contributed by atoms with Gasteiger partial charge in [-0.15, -0.1) is 6.58 Å². The Bertz CT molecular complexity index is 299. The molecule has 118 valence electrons. The fourth-order valence-electron chi connectivity index (χ4n) is 1.84. The van der Waals surface area contributed by atoms with Gasteiger partial charge in [0.1, 0.15) is 6.10 Å². The number of aliphatic hydroxyl groups excluding tert-OH is 2. The van der Waals surface area contributed by atoms with E-state index >= 15 is 0 Å². The Kier molecular flexibility index (Phi) is 8.74. The number of carbonyl (C=O) groups excluding carboxylic acids is 1. The smallest absolute Gasteiger partial charge is 0.306 e. The van der Waals surface area contributed by atoms with E-state index in [0.29, 0.717) is 19.3 Å². The van der Waals surface area contributed by atoms with Gasteiger partial charge >= 0.3 is 5.97 Å². The van der Waals surface area contributed by atoms with Gasteiger partial charge in [-0.05, 0) is 12.8 Å². The molecule has 0 aliphatic rings. The van der Waals surface area contributed by atoms with Crippen molar-refractivity contribution >= 4 is 5.97 Å². The molecule has 4 nitrogen and oxygen atoms in total. The van der Waals surface area contributed by atoms with Crippen molar-refractivity contribution in [2.75, 3.05) is 0 Å². The largest absolute Gasteiger partial charge is 0.462 e. The van der Waals surface area contributed by atoms with E-state index < -0.39 is 17.6 Å². The van der Waals surface area contributed by atoms with Crippen LogP contribution in [0.5, 0.6) is 0 Å². The first-order valence-corrected chi connectivity index (χ1v) is 7.45. The third-order valence-electron chi connectivity index (χ3n) is 3.62. The third kappa shape index (κ3) is 7.06. The van der Waals surface area contributed by atoms with Gasteiger partial charge in [-0.1, -0.05) is 33.8 Å². The SMILES string of the molecule is C=CC(C)(C)[C@@H](O)C[C@H](O)C[C@H](CC)OC(=O)CCC. The number of esters is 1. The molecule has 0 aromatic heterocycles. The molecule has 0 rings (SSSR count). The lowest BCUT2D eigenvalue weighted by Gasteiger charge is -2.29. The van der Waals surface area contributed by atoms with Gasteiger partial charge in [0, 0.05) is 24.7 Å². The van der Waals surface area contributed by atoms with Crippen molar-refractivity contribution in [2.45, 2.75) is 78.1 Å². The molecule has 0 aromatic rings. The average molecular weight is 286 g/mol. The van der Waals surface area contributed by atoms with Crippen molar-refractivity contribution in [1.29, 1.82) is 0 Å². The summed E-state index contributed by atoms with van der Waals surface area (Å²) in [5.41, 5.74) is -0.443. The molecule has 0 amide bonds. The van der Waals surface area contributed by atoms with Crippen LogP contribution in [0, 0.1) is 5.41 Å². The first-order valence-electron chi connectivity index (χ1n) is 7.45. The highest BCUT2D eigenvalue weighted by Gasteiger charge is 2.28. The molecule has 0 radical (unpaired) electrons. The van der Waals surface area contributed by atoms with E-state index in [1.807, 2.05) is 27.7 Å². The van der Waals surface area contributed by atoms with Crippen molar-refractivity contribution in [3.63, 3.8) is 0 Å². The third-order valence-corrected chi connectivity index (χ3v) is 3.62. The molecule has 0 saturated heterocycles. The predicted octanol–water partition coefficient (Wildman–Crippen LogP) is 2.82. The molecule has 2 N–H and O–H groups in total. The minimum absolute atomic E-state index is 0.224. The monoisotopic (exact) mass is 286 g/mol. The van der Waals surface area contributed by atoms with Gasteiger partial charge in [0.15, 0.2) is 0 Å². The molecule has 0 spiro atoms. The maximum Gasteiger partial charge on any atom is 0.306 e. The number of ether oxygens (including phenoxy) is 1. The minimum atomic E-state index is -0.691. The van der Waals surface area contributed by atoms with E-state index in [2.05, 4.69) is 6.58 Å². The second-order valence-corrected chi connectivity index (χ2v) is 5.94. The number of carbonyl (C=O) groups is 1. The van der Waals surface area contributed by atoms with E-state index in [1.165, 1.54) is 0 Å². The summed E-state index contributed by atoms with van der Waals surface area (Å²) in [6, 6.07) is 0. The minimum Gasteiger partial charge on any atom is -0.462 e. The van der Waals surface area contributed by atoms with Crippen LogP contribution in [0.1, 0.15) is 59.8 Å². The molecular weight excluding hydrogens is 256 g/mol. The zero-order valence-electron chi connectivity index (χ0n) is 13.3. The van der Waals surface area contributed by atoms with Crippen LogP contribution in [-0.4, -0.2) is 34.5 Å². The van der Waals surface area contributed by atoms with Crippen molar-refractivity contribution in [2.24, 2.45) is 5.41 Å². The first kappa shape index (κ1) is 19.1. The summed E-state index contributed by atoms with van der Waals surface area (Å²) in [5, 5.41) is 20.1. The quantitative estimate of drug-likeness (QED) is 0.479. The van der Waals surface area contributed by atoms with Crippen LogP contribution in [-0.2, 0) is 9.53 Å². The van der Waals surface area contributed by atoms with Crippen LogP contribution in [0.2, 0.25) is 0 Å². The summed E-state index contributed by atoms with van der Waals surface area (Å²) >= 11 is 0. The van der Waals surface area contributed by atoms with Gasteiger partial charge in [-0.2, -0.15) is 0 Å². The maximum atomic E-state index is 11.5. The normalized spacial score (nSPS) is 16.3. The van der Waals surface area contributed by atoms with Crippen LogP contribution in [0.15, 0.2) is 12.7 Å². The molecule has 4 heteroatoms. The van der Waals surface area contributed by atoms with Crippen LogP contribution in [0.25, 0.3) is 0 Å². The summed E-state index contributed by atoms with van der Waals surface area (Å²) in [6.07, 6.45) is 2.46. The molecule has 0 fully saturated rings. The summed E-state index contributed by atoms with van der Waals surface area (Å²) in [5.74, 6) is -0.224. The first-order chi connectivity index (χ1) is 9.26. The molecule has 0 saturated carbocycles. The summed E-state index contributed by atoms with van der Waals surface area (Å²) < 4.78 is 5.30. The van der Waals surface area contributed by atoms with Crippen molar-refractivity contribution < 1.29 is 19.7 Å². The number of hydrogen-bond donors (Lipinski definition) is 2. The number of aliphatic hydroxyl groups is 2. The Morgan fingerprint density at radius 2 is 1.90 bits per heavy atom. The molecule has 0 bridgehead atoms. The van der Waals surface area contributed by atoms with Crippen LogP contribution >= 0.6 is 0 Å². The second-order valence-electron chi connectivity index (χ2n) is 5.94.